The summed E-state index contributed by atoms with van der Waals surface area (Å²) < 4.78 is 3.97. The zero-order valence-corrected chi connectivity index (χ0v) is 11.3. The molecular weight excluding hydrogens is 226 g/mol. The van der Waals surface area contributed by atoms with Crippen molar-refractivity contribution in [1.82, 2.24) is 19.6 Å². The Morgan fingerprint density at radius 2 is 2.17 bits per heavy atom. The minimum Gasteiger partial charge on any atom is -0.366 e. The molecule has 0 fully saturated rings. The lowest BCUT2D eigenvalue weighted by Crippen LogP contribution is -2.09. The third kappa shape index (κ3) is 2.91. The molecule has 0 aromatic carbocycles. The van der Waals surface area contributed by atoms with E-state index in [0.717, 1.165) is 25.3 Å². The first-order chi connectivity index (χ1) is 8.70. The number of nitrogens with zero attached hydrogens (tertiary/aromatic N) is 4. The van der Waals surface area contributed by atoms with E-state index in [1.165, 1.54) is 5.56 Å². The van der Waals surface area contributed by atoms with Crippen LogP contribution >= 0.6 is 0 Å². The number of nitrogens with one attached hydrogen (secondary N) is 1. The summed E-state index contributed by atoms with van der Waals surface area (Å²) in [5.74, 6) is 1.05. The normalized spacial score (nSPS) is 11.1. The van der Waals surface area contributed by atoms with Crippen molar-refractivity contribution in [3.05, 3.63) is 30.2 Å². The van der Waals surface area contributed by atoms with Crippen LogP contribution in [0.5, 0.6) is 0 Å². The van der Waals surface area contributed by atoms with Gasteiger partial charge in [-0.2, -0.15) is 10.2 Å². The van der Waals surface area contributed by atoms with Gasteiger partial charge in [-0.25, -0.2) is 4.68 Å². The minimum atomic E-state index is 0.366. The van der Waals surface area contributed by atoms with Crippen LogP contribution in [0.2, 0.25) is 0 Å². The average molecular weight is 247 g/mol. The van der Waals surface area contributed by atoms with E-state index >= 15 is 0 Å². The molecule has 0 spiro atoms. The maximum atomic E-state index is 4.32. The summed E-state index contributed by atoms with van der Waals surface area (Å²) in [5, 5.41) is 12.0. The Morgan fingerprint density at radius 3 is 2.89 bits per heavy atom. The van der Waals surface area contributed by atoms with Gasteiger partial charge in [0.15, 0.2) is 0 Å². The lowest BCUT2D eigenvalue weighted by Gasteiger charge is -2.11. The highest BCUT2D eigenvalue weighted by Crippen LogP contribution is 2.14. The van der Waals surface area contributed by atoms with Gasteiger partial charge in [0.05, 0.1) is 12.4 Å². The summed E-state index contributed by atoms with van der Waals surface area (Å²) in [4.78, 5) is 0. The Kier molecular flexibility index (Phi) is 4.02. The molecule has 2 heterocycles. The Hall–Kier alpha value is -1.78. The molecule has 18 heavy (non-hydrogen) atoms. The number of aryl methyl sites for hydroxylation is 1. The van der Waals surface area contributed by atoms with Crippen molar-refractivity contribution in [2.75, 3.05) is 5.32 Å². The van der Waals surface area contributed by atoms with Gasteiger partial charge in [-0.15, -0.1) is 0 Å². The quantitative estimate of drug-likeness (QED) is 0.853. The van der Waals surface area contributed by atoms with E-state index in [1.807, 2.05) is 27.8 Å². The summed E-state index contributed by atoms with van der Waals surface area (Å²) >= 11 is 0. The molecule has 5 nitrogen and oxygen atoms in total. The van der Waals surface area contributed by atoms with Crippen LogP contribution in [0.25, 0.3) is 0 Å². The topological polar surface area (TPSA) is 47.7 Å². The molecule has 2 aromatic rings. The summed E-state index contributed by atoms with van der Waals surface area (Å²) in [6.07, 6.45) is 6.93. The molecule has 0 aliphatic rings. The fourth-order valence-corrected chi connectivity index (χ4v) is 1.91. The third-order valence-corrected chi connectivity index (χ3v) is 2.77. The first-order valence-electron chi connectivity index (χ1n) is 6.49. The SMILES string of the molecule is CCCn1cc(CNc2ccnn2C(C)C)cn1. The molecule has 5 heteroatoms. The van der Waals surface area contributed by atoms with Crippen LogP contribution in [0.4, 0.5) is 5.82 Å². The average Bonchev–Trinajstić information content (AvgIpc) is 2.95. The van der Waals surface area contributed by atoms with E-state index in [-0.39, 0.29) is 0 Å². The third-order valence-electron chi connectivity index (χ3n) is 2.77. The molecule has 0 aliphatic carbocycles. The van der Waals surface area contributed by atoms with Crippen molar-refractivity contribution < 1.29 is 0 Å². The fourth-order valence-electron chi connectivity index (χ4n) is 1.91. The van der Waals surface area contributed by atoms with Gasteiger partial charge in [-0.05, 0) is 20.3 Å². The van der Waals surface area contributed by atoms with Crippen LogP contribution < -0.4 is 5.32 Å². The highest BCUT2D eigenvalue weighted by molar-refractivity contribution is 5.35. The summed E-state index contributed by atoms with van der Waals surface area (Å²) in [7, 11) is 0. The van der Waals surface area contributed by atoms with Crippen LogP contribution in [0.15, 0.2) is 24.7 Å². The molecule has 0 bridgehead atoms. The molecule has 0 saturated carbocycles. The van der Waals surface area contributed by atoms with Crippen LogP contribution in [0, 0.1) is 0 Å². The van der Waals surface area contributed by atoms with Gasteiger partial charge in [-0.3, -0.25) is 4.68 Å². The highest BCUT2D eigenvalue weighted by atomic mass is 15.3. The molecule has 2 aromatic heterocycles. The molecule has 0 aliphatic heterocycles. The van der Waals surface area contributed by atoms with E-state index in [4.69, 9.17) is 0 Å². The lowest BCUT2D eigenvalue weighted by atomic mass is 10.3. The zero-order valence-electron chi connectivity index (χ0n) is 11.3. The summed E-state index contributed by atoms with van der Waals surface area (Å²) in [6, 6.07) is 2.36. The molecule has 1 N–H and O–H groups in total. The second-order valence-electron chi connectivity index (χ2n) is 4.72. The first-order valence-corrected chi connectivity index (χ1v) is 6.49. The molecule has 98 valence electrons. The minimum absolute atomic E-state index is 0.366. The van der Waals surface area contributed by atoms with Crippen LogP contribution in [0.3, 0.4) is 0 Å². The number of hydrogen-bond acceptors (Lipinski definition) is 3. The molecule has 0 atom stereocenters. The monoisotopic (exact) mass is 247 g/mol. The van der Waals surface area contributed by atoms with Crippen molar-refractivity contribution >= 4 is 5.82 Å². The first kappa shape index (κ1) is 12.7. The molecule has 0 radical (unpaired) electrons. The number of hydrogen-bond donors (Lipinski definition) is 1. The van der Waals surface area contributed by atoms with Crippen molar-refractivity contribution in [2.24, 2.45) is 0 Å². The lowest BCUT2D eigenvalue weighted by molar-refractivity contribution is 0.537. The van der Waals surface area contributed by atoms with E-state index in [9.17, 15) is 0 Å². The Labute approximate surface area is 108 Å². The van der Waals surface area contributed by atoms with Gasteiger partial charge in [0.1, 0.15) is 5.82 Å². The van der Waals surface area contributed by atoms with Gasteiger partial charge in [0.2, 0.25) is 0 Å². The van der Waals surface area contributed by atoms with E-state index in [1.54, 1.807) is 0 Å². The summed E-state index contributed by atoms with van der Waals surface area (Å²) in [6.45, 7) is 8.15. The summed E-state index contributed by atoms with van der Waals surface area (Å²) in [5.41, 5.74) is 1.19. The maximum Gasteiger partial charge on any atom is 0.124 e. The maximum absolute atomic E-state index is 4.32. The smallest absolute Gasteiger partial charge is 0.124 e. The van der Waals surface area contributed by atoms with Crippen molar-refractivity contribution in [3.63, 3.8) is 0 Å². The van der Waals surface area contributed by atoms with Gasteiger partial charge in [-0.1, -0.05) is 6.92 Å². The van der Waals surface area contributed by atoms with Gasteiger partial charge >= 0.3 is 0 Å². The largest absolute Gasteiger partial charge is 0.366 e. The van der Waals surface area contributed by atoms with E-state index in [0.29, 0.717) is 6.04 Å². The molecular formula is C13H21N5. The molecule has 0 unspecified atom stereocenters. The Morgan fingerprint density at radius 1 is 1.33 bits per heavy atom. The second kappa shape index (κ2) is 5.71. The number of anilines is 1. The van der Waals surface area contributed by atoms with Crippen molar-refractivity contribution in [2.45, 2.75) is 46.3 Å². The van der Waals surface area contributed by atoms with Gasteiger partial charge in [0.25, 0.3) is 0 Å². The fraction of sp³-hybridized carbons (Fsp3) is 0.538. The predicted molar refractivity (Wildman–Crippen MR) is 72.5 cm³/mol. The molecule has 2 rings (SSSR count). The van der Waals surface area contributed by atoms with Gasteiger partial charge < -0.3 is 5.32 Å². The number of rotatable bonds is 6. The highest BCUT2D eigenvalue weighted by Gasteiger charge is 2.05. The zero-order chi connectivity index (χ0) is 13.0. The van der Waals surface area contributed by atoms with E-state index in [2.05, 4.69) is 42.5 Å². The van der Waals surface area contributed by atoms with Crippen molar-refractivity contribution in [3.8, 4) is 0 Å². The van der Waals surface area contributed by atoms with Crippen LogP contribution in [-0.4, -0.2) is 19.6 Å². The Balaban J connectivity index is 1.96. The Bertz CT molecular complexity index is 483. The molecule has 0 saturated heterocycles. The van der Waals surface area contributed by atoms with Crippen molar-refractivity contribution in [1.29, 1.82) is 0 Å². The van der Waals surface area contributed by atoms with Crippen LogP contribution in [0.1, 0.15) is 38.8 Å². The van der Waals surface area contributed by atoms with Crippen LogP contribution in [-0.2, 0) is 13.1 Å². The predicted octanol–water partition coefficient (Wildman–Crippen LogP) is 2.68. The standard InChI is InChI=1S/C13H21N5/c1-4-7-17-10-12(9-16-17)8-14-13-5-6-15-18(13)11(2)3/h5-6,9-11,14H,4,7-8H2,1-3H3. The van der Waals surface area contributed by atoms with Gasteiger partial charge in [0, 0.05) is 37.0 Å². The molecule has 0 amide bonds. The number of aromatic nitrogens is 4. The second-order valence-corrected chi connectivity index (χ2v) is 4.72. The van der Waals surface area contributed by atoms with E-state index < -0.39 is 0 Å².